The number of fused-ring (bicyclic) bond motifs is 1. The summed E-state index contributed by atoms with van der Waals surface area (Å²) >= 11 is 0. The first-order valence-corrected chi connectivity index (χ1v) is 7.81. The molecule has 2 aromatic carbocycles. The largest absolute Gasteiger partial charge is 0.573 e. The monoisotopic (exact) mass is 362 g/mol. The predicted octanol–water partition coefficient (Wildman–Crippen LogP) is 2.76. The van der Waals surface area contributed by atoms with E-state index in [9.17, 15) is 18.0 Å². The van der Waals surface area contributed by atoms with E-state index in [1.54, 1.807) is 18.2 Å². The molecule has 0 amide bonds. The zero-order valence-electron chi connectivity index (χ0n) is 13.3. The second-order valence-corrected chi connectivity index (χ2v) is 6.21. The molecular formula is C17H13F3N4O2. The average Bonchev–Trinajstić information content (AvgIpc) is 3.33. The molecule has 0 radical (unpaired) electrons. The van der Waals surface area contributed by atoms with Crippen LogP contribution in [-0.4, -0.2) is 21.4 Å². The number of benzene rings is 2. The second-order valence-electron chi connectivity index (χ2n) is 6.21. The van der Waals surface area contributed by atoms with Crippen LogP contribution in [0.15, 0.2) is 47.3 Å². The minimum atomic E-state index is -4.74. The van der Waals surface area contributed by atoms with E-state index < -0.39 is 12.0 Å². The quantitative estimate of drug-likeness (QED) is 0.775. The third-order valence-corrected chi connectivity index (χ3v) is 4.27. The van der Waals surface area contributed by atoms with Gasteiger partial charge < -0.3 is 10.5 Å². The molecule has 26 heavy (non-hydrogen) atoms. The molecule has 9 heteroatoms. The number of hydrogen-bond donors (Lipinski definition) is 1. The van der Waals surface area contributed by atoms with Crippen molar-refractivity contribution in [2.45, 2.75) is 24.9 Å². The number of aromatic nitrogens is 3. The molecule has 0 saturated heterocycles. The van der Waals surface area contributed by atoms with Gasteiger partial charge in [0.2, 0.25) is 0 Å². The van der Waals surface area contributed by atoms with Crippen molar-refractivity contribution < 1.29 is 17.9 Å². The van der Waals surface area contributed by atoms with Crippen molar-refractivity contribution in [2.24, 2.45) is 5.73 Å². The SMILES string of the molecule is NC1(n2nnc3ccc(-c4ccc(OC(F)(F)F)cc4)cc3c2=O)CC1. The Morgan fingerprint density at radius 2 is 1.73 bits per heavy atom. The number of ether oxygens (including phenoxy) is 1. The summed E-state index contributed by atoms with van der Waals surface area (Å²) in [5, 5.41) is 8.27. The highest BCUT2D eigenvalue weighted by Crippen LogP contribution is 2.35. The van der Waals surface area contributed by atoms with Gasteiger partial charge in [-0.3, -0.25) is 4.79 Å². The van der Waals surface area contributed by atoms with E-state index in [1.165, 1.54) is 28.9 Å². The fourth-order valence-electron chi connectivity index (χ4n) is 2.70. The fraction of sp³-hybridized carbons (Fsp3) is 0.235. The van der Waals surface area contributed by atoms with E-state index in [1.807, 2.05) is 0 Å². The maximum Gasteiger partial charge on any atom is 0.573 e. The topological polar surface area (TPSA) is 83.0 Å². The van der Waals surface area contributed by atoms with Crippen molar-refractivity contribution in [1.29, 1.82) is 0 Å². The Bertz CT molecular complexity index is 1040. The second kappa shape index (κ2) is 5.53. The van der Waals surface area contributed by atoms with Crippen molar-refractivity contribution in [1.82, 2.24) is 15.0 Å². The van der Waals surface area contributed by atoms with E-state index in [0.29, 0.717) is 34.9 Å². The highest BCUT2D eigenvalue weighted by Gasteiger charge is 2.43. The van der Waals surface area contributed by atoms with Gasteiger partial charge in [-0.05, 0) is 48.2 Å². The van der Waals surface area contributed by atoms with Gasteiger partial charge in [0.05, 0.1) is 5.39 Å². The molecule has 1 aromatic heterocycles. The molecule has 3 aromatic rings. The summed E-state index contributed by atoms with van der Waals surface area (Å²) in [7, 11) is 0. The molecular weight excluding hydrogens is 349 g/mol. The lowest BCUT2D eigenvalue weighted by atomic mass is 10.0. The lowest BCUT2D eigenvalue weighted by Gasteiger charge is -2.12. The predicted molar refractivity (Wildman–Crippen MR) is 87.3 cm³/mol. The lowest BCUT2D eigenvalue weighted by molar-refractivity contribution is -0.274. The maximum atomic E-state index is 12.6. The smallest absolute Gasteiger partial charge is 0.406 e. The molecule has 1 fully saturated rings. The highest BCUT2D eigenvalue weighted by atomic mass is 19.4. The lowest BCUT2D eigenvalue weighted by Crippen LogP contribution is -2.39. The molecule has 0 spiro atoms. The minimum absolute atomic E-state index is 0.311. The van der Waals surface area contributed by atoms with Crippen molar-refractivity contribution >= 4 is 10.9 Å². The Morgan fingerprint density at radius 3 is 2.35 bits per heavy atom. The highest BCUT2D eigenvalue weighted by molar-refractivity contribution is 5.83. The number of halogens is 3. The van der Waals surface area contributed by atoms with Gasteiger partial charge in [0.1, 0.15) is 16.9 Å². The first-order chi connectivity index (χ1) is 12.3. The molecule has 6 nitrogen and oxygen atoms in total. The van der Waals surface area contributed by atoms with Crippen molar-refractivity contribution in [2.75, 3.05) is 0 Å². The first-order valence-electron chi connectivity index (χ1n) is 7.81. The Labute approximate surface area is 145 Å². The standard InChI is InChI=1S/C17H13F3N4O2/c18-17(19,20)26-12-4-1-10(2-5-12)11-3-6-14-13(9-11)15(25)24(23-22-14)16(21)7-8-16/h1-6,9H,7-8,21H2. The van der Waals surface area contributed by atoms with Crippen LogP contribution in [0.5, 0.6) is 5.75 Å². The summed E-state index contributed by atoms with van der Waals surface area (Å²) in [6.45, 7) is 0. The van der Waals surface area contributed by atoms with Gasteiger partial charge in [0.15, 0.2) is 0 Å². The molecule has 0 atom stereocenters. The van der Waals surface area contributed by atoms with E-state index in [-0.39, 0.29) is 11.3 Å². The molecule has 1 aliphatic carbocycles. The maximum absolute atomic E-state index is 12.6. The van der Waals surface area contributed by atoms with E-state index in [2.05, 4.69) is 15.0 Å². The molecule has 134 valence electrons. The van der Waals surface area contributed by atoms with Gasteiger partial charge in [0, 0.05) is 0 Å². The van der Waals surface area contributed by atoms with E-state index >= 15 is 0 Å². The number of nitrogens with two attached hydrogens (primary N) is 1. The van der Waals surface area contributed by atoms with Crippen LogP contribution in [0.2, 0.25) is 0 Å². The molecule has 0 bridgehead atoms. The summed E-state index contributed by atoms with van der Waals surface area (Å²) < 4.78 is 41.8. The molecule has 0 aliphatic heterocycles. The van der Waals surface area contributed by atoms with Gasteiger partial charge in [-0.2, -0.15) is 4.68 Å². The van der Waals surface area contributed by atoms with E-state index in [0.717, 1.165) is 0 Å². The molecule has 1 saturated carbocycles. The van der Waals surface area contributed by atoms with Crippen molar-refractivity contribution in [3.63, 3.8) is 0 Å². The zero-order chi connectivity index (χ0) is 18.5. The Balaban J connectivity index is 1.73. The van der Waals surface area contributed by atoms with Crippen molar-refractivity contribution in [3.8, 4) is 16.9 Å². The Kier molecular flexibility index (Phi) is 3.52. The van der Waals surface area contributed by atoms with Crippen LogP contribution >= 0.6 is 0 Å². The number of alkyl halides is 3. The third kappa shape index (κ3) is 3.01. The van der Waals surface area contributed by atoms with Crippen LogP contribution in [-0.2, 0) is 5.66 Å². The Hall–Kier alpha value is -2.94. The van der Waals surface area contributed by atoms with Crippen LogP contribution in [0.1, 0.15) is 12.8 Å². The van der Waals surface area contributed by atoms with Gasteiger partial charge in [-0.1, -0.05) is 23.4 Å². The summed E-state index contributed by atoms with van der Waals surface area (Å²) in [5.41, 5.74) is 6.64. The van der Waals surface area contributed by atoms with Crippen LogP contribution in [0.4, 0.5) is 13.2 Å². The molecule has 1 heterocycles. The summed E-state index contributed by atoms with van der Waals surface area (Å²) in [4.78, 5) is 12.6. The summed E-state index contributed by atoms with van der Waals surface area (Å²) in [6.07, 6.45) is -3.42. The van der Waals surface area contributed by atoms with Gasteiger partial charge in [0.25, 0.3) is 5.56 Å². The van der Waals surface area contributed by atoms with Crippen LogP contribution < -0.4 is 16.0 Å². The molecule has 4 rings (SSSR count). The Morgan fingerprint density at radius 1 is 1.08 bits per heavy atom. The summed E-state index contributed by atoms with van der Waals surface area (Å²) in [5.74, 6) is -0.311. The normalized spacial score (nSPS) is 15.8. The average molecular weight is 362 g/mol. The van der Waals surface area contributed by atoms with Crippen molar-refractivity contribution in [3.05, 3.63) is 52.8 Å². The first kappa shape index (κ1) is 16.5. The third-order valence-electron chi connectivity index (χ3n) is 4.27. The zero-order valence-corrected chi connectivity index (χ0v) is 13.3. The van der Waals surface area contributed by atoms with E-state index in [4.69, 9.17) is 5.73 Å². The molecule has 1 aliphatic rings. The van der Waals surface area contributed by atoms with Crippen LogP contribution in [0.25, 0.3) is 22.0 Å². The number of nitrogens with zero attached hydrogens (tertiary/aromatic N) is 3. The van der Waals surface area contributed by atoms with Crippen LogP contribution in [0, 0.1) is 0 Å². The number of rotatable bonds is 3. The van der Waals surface area contributed by atoms with Crippen LogP contribution in [0.3, 0.4) is 0 Å². The molecule has 2 N–H and O–H groups in total. The van der Waals surface area contributed by atoms with Gasteiger partial charge in [-0.15, -0.1) is 18.3 Å². The number of hydrogen-bond acceptors (Lipinski definition) is 5. The minimum Gasteiger partial charge on any atom is -0.406 e. The van der Waals surface area contributed by atoms with Gasteiger partial charge >= 0.3 is 6.36 Å². The summed E-state index contributed by atoms with van der Waals surface area (Å²) in [6, 6.07) is 10.4. The van der Waals surface area contributed by atoms with Gasteiger partial charge in [-0.25, -0.2) is 0 Å². The fourth-order valence-corrected chi connectivity index (χ4v) is 2.70. The molecule has 0 unspecified atom stereocenters.